The van der Waals surface area contributed by atoms with Crippen molar-refractivity contribution in [2.24, 2.45) is 0 Å². The van der Waals surface area contributed by atoms with Gasteiger partial charge in [0.25, 0.3) is 5.56 Å². The summed E-state index contributed by atoms with van der Waals surface area (Å²) in [6, 6.07) is 7.40. The van der Waals surface area contributed by atoms with Crippen LogP contribution < -0.4 is 16.1 Å². The summed E-state index contributed by atoms with van der Waals surface area (Å²) in [6.07, 6.45) is 2.26. The number of para-hydroxylation sites is 1. The summed E-state index contributed by atoms with van der Waals surface area (Å²) >= 11 is 0. The van der Waals surface area contributed by atoms with Crippen LogP contribution in [0.3, 0.4) is 0 Å². The normalized spacial score (nSPS) is 21.5. The number of hydrogen-bond acceptors (Lipinski definition) is 4. The van der Waals surface area contributed by atoms with Crippen molar-refractivity contribution in [3.05, 3.63) is 62.7 Å². The third-order valence-electron chi connectivity index (χ3n) is 5.14. The minimum absolute atomic E-state index is 0.0976. The van der Waals surface area contributed by atoms with Gasteiger partial charge in [-0.1, -0.05) is 18.2 Å². The van der Waals surface area contributed by atoms with E-state index >= 15 is 0 Å². The number of amides is 1. The first-order chi connectivity index (χ1) is 13.0. The predicted octanol–water partition coefficient (Wildman–Crippen LogP) is 1.44. The molecule has 2 aliphatic heterocycles. The third kappa shape index (κ3) is 2.99. The number of anilines is 1. The van der Waals surface area contributed by atoms with Crippen molar-refractivity contribution < 1.29 is 13.9 Å². The van der Waals surface area contributed by atoms with Crippen LogP contribution in [0.2, 0.25) is 0 Å². The summed E-state index contributed by atoms with van der Waals surface area (Å²) in [5, 5.41) is 0. The second-order valence-electron chi connectivity index (χ2n) is 6.97. The Bertz CT molecular complexity index is 1010. The Balaban J connectivity index is 1.69. The zero-order valence-electron chi connectivity index (χ0n) is 14.9. The van der Waals surface area contributed by atoms with Gasteiger partial charge in [0.2, 0.25) is 11.7 Å². The predicted molar refractivity (Wildman–Crippen MR) is 96.2 cm³/mol. The van der Waals surface area contributed by atoms with E-state index in [4.69, 9.17) is 4.74 Å². The minimum Gasteiger partial charge on any atom is -0.358 e. The molecular formula is C19H20FN3O4. The van der Waals surface area contributed by atoms with Crippen LogP contribution in [0, 0.1) is 5.82 Å². The highest BCUT2D eigenvalue weighted by Gasteiger charge is 2.31. The molecule has 0 radical (unpaired) electrons. The molecule has 0 bridgehead atoms. The second kappa shape index (κ2) is 6.77. The van der Waals surface area contributed by atoms with Crippen LogP contribution in [-0.2, 0) is 22.5 Å². The Hall–Kier alpha value is -2.74. The van der Waals surface area contributed by atoms with Crippen molar-refractivity contribution in [1.82, 2.24) is 9.13 Å². The van der Waals surface area contributed by atoms with E-state index in [1.165, 1.54) is 0 Å². The average molecular weight is 373 g/mol. The van der Waals surface area contributed by atoms with Crippen LogP contribution in [-0.4, -0.2) is 27.7 Å². The number of hydrogen-bond donors (Lipinski definition) is 0. The molecule has 8 heteroatoms. The average Bonchev–Trinajstić information content (AvgIpc) is 3.28. The maximum Gasteiger partial charge on any atom is 0.333 e. The van der Waals surface area contributed by atoms with E-state index in [9.17, 15) is 18.8 Å². The van der Waals surface area contributed by atoms with Crippen molar-refractivity contribution in [2.45, 2.75) is 45.0 Å². The van der Waals surface area contributed by atoms with Crippen molar-refractivity contribution in [1.29, 1.82) is 0 Å². The fourth-order valence-corrected chi connectivity index (χ4v) is 3.87. The van der Waals surface area contributed by atoms with Crippen molar-refractivity contribution >= 4 is 11.6 Å². The molecule has 7 nitrogen and oxygen atoms in total. The van der Waals surface area contributed by atoms with E-state index < -0.39 is 35.7 Å². The van der Waals surface area contributed by atoms with Gasteiger partial charge < -0.3 is 9.64 Å². The molecule has 2 aromatic rings. The summed E-state index contributed by atoms with van der Waals surface area (Å²) in [5.74, 6) is -1.50. The smallest absolute Gasteiger partial charge is 0.333 e. The lowest BCUT2D eigenvalue weighted by Gasteiger charge is -2.23. The molecular weight excluding hydrogens is 353 g/mol. The zero-order chi connectivity index (χ0) is 19.1. The molecule has 4 rings (SSSR count). The molecule has 0 saturated carbocycles. The van der Waals surface area contributed by atoms with Crippen LogP contribution in [0.1, 0.15) is 31.6 Å². The Labute approximate surface area is 154 Å². The monoisotopic (exact) mass is 373 g/mol. The maximum atomic E-state index is 14.1. The summed E-state index contributed by atoms with van der Waals surface area (Å²) in [4.78, 5) is 39.4. The molecule has 1 amide bonds. The summed E-state index contributed by atoms with van der Waals surface area (Å²) < 4.78 is 21.3. The number of benzene rings is 1. The van der Waals surface area contributed by atoms with Gasteiger partial charge in [-0.3, -0.25) is 14.2 Å². The first-order valence-corrected chi connectivity index (χ1v) is 9.00. The van der Waals surface area contributed by atoms with E-state index in [2.05, 4.69) is 0 Å². The van der Waals surface area contributed by atoms with Gasteiger partial charge in [-0.05, 0) is 37.8 Å². The molecule has 1 saturated heterocycles. The summed E-state index contributed by atoms with van der Waals surface area (Å²) in [5.41, 5.74) is -0.0369. The van der Waals surface area contributed by atoms with Crippen LogP contribution in [0.5, 0.6) is 0 Å². The Morgan fingerprint density at radius 3 is 2.81 bits per heavy atom. The molecule has 2 atom stereocenters. The van der Waals surface area contributed by atoms with Gasteiger partial charge in [0.1, 0.15) is 12.8 Å². The van der Waals surface area contributed by atoms with Gasteiger partial charge in [0.15, 0.2) is 0 Å². The van der Waals surface area contributed by atoms with Gasteiger partial charge >= 0.3 is 5.69 Å². The molecule has 2 aliphatic rings. The number of halogens is 1. The third-order valence-corrected chi connectivity index (χ3v) is 5.14. The molecule has 1 aromatic carbocycles. The number of carbonyl (C=O) groups excluding carboxylic acids is 1. The van der Waals surface area contributed by atoms with Gasteiger partial charge in [0, 0.05) is 18.3 Å². The van der Waals surface area contributed by atoms with Crippen LogP contribution in [0.15, 0.2) is 40.1 Å². The molecule has 1 aromatic heterocycles. The lowest BCUT2D eigenvalue weighted by Crippen LogP contribution is -2.47. The number of ether oxygens (including phenoxy) is 1. The molecule has 27 heavy (non-hydrogen) atoms. The van der Waals surface area contributed by atoms with E-state index in [1.807, 2.05) is 31.2 Å². The fourth-order valence-electron chi connectivity index (χ4n) is 3.87. The number of aromatic nitrogens is 2. The van der Waals surface area contributed by atoms with Gasteiger partial charge in [0.05, 0.1) is 6.20 Å². The van der Waals surface area contributed by atoms with E-state index in [0.29, 0.717) is 24.0 Å². The molecule has 0 N–H and O–H groups in total. The van der Waals surface area contributed by atoms with Gasteiger partial charge in [-0.25, -0.2) is 9.36 Å². The lowest BCUT2D eigenvalue weighted by molar-refractivity contribution is -0.119. The van der Waals surface area contributed by atoms with Crippen molar-refractivity contribution in [2.75, 3.05) is 11.5 Å². The number of rotatable bonds is 3. The first-order valence-electron chi connectivity index (χ1n) is 9.00. The van der Waals surface area contributed by atoms with Crippen LogP contribution in [0.25, 0.3) is 0 Å². The lowest BCUT2D eigenvalue weighted by atomic mass is 10.1. The van der Waals surface area contributed by atoms with Crippen LogP contribution >= 0.6 is 0 Å². The van der Waals surface area contributed by atoms with E-state index in [-0.39, 0.29) is 6.04 Å². The highest BCUT2D eigenvalue weighted by molar-refractivity contribution is 5.96. The SMILES string of the molecule is C[C@H]1Cc2ccccc2N1C(=O)Cn1c(=O)c(F)cn([C@@H]2CCCO2)c1=O. The highest BCUT2D eigenvalue weighted by Crippen LogP contribution is 2.31. The molecule has 142 valence electrons. The molecule has 0 spiro atoms. The van der Waals surface area contributed by atoms with Crippen molar-refractivity contribution in [3.63, 3.8) is 0 Å². The summed E-state index contributed by atoms with van der Waals surface area (Å²) in [7, 11) is 0. The maximum absolute atomic E-state index is 14.1. The Morgan fingerprint density at radius 1 is 1.30 bits per heavy atom. The number of nitrogens with zero attached hydrogens (tertiary/aromatic N) is 3. The second-order valence-corrected chi connectivity index (χ2v) is 6.97. The largest absolute Gasteiger partial charge is 0.358 e. The van der Waals surface area contributed by atoms with E-state index in [1.54, 1.807) is 4.90 Å². The minimum atomic E-state index is -1.09. The highest BCUT2D eigenvalue weighted by atomic mass is 19.1. The Morgan fingerprint density at radius 2 is 2.07 bits per heavy atom. The zero-order valence-corrected chi connectivity index (χ0v) is 14.9. The van der Waals surface area contributed by atoms with Crippen molar-refractivity contribution in [3.8, 4) is 0 Å². The fraction of sp³-hybridized carbons (Fsp3) is 0.421. The van der Waals surface area contributed by atoms with E-state index in [0.717, 1.165) is 28.4 Å². The number of carbonyl (C=O) groups is 1. The topological polar surface area (TPSA) is 73.5 Å². The Kier molecular flexibility index (Phi) is 4.43. The first kappa shape index (κ1) is 17.7. The number of fused-ring (bicyclic) bond motifs is 1. The van der Waals surface area contributed by atoms with Crippen LogP contribution in [0.4, 0.5) is 10.1 Å². The molecule has 0 unspecified atom stereocenters. The molecule has 1 fully saturated rings. The molecule has 3 heterocycles. The van der Waals surface area contributed by atoms with Gasteiger partial charge in [-0.2, -0.15) is 4.39 Å². The summed E-state index contributed by atoms with van der Waals surface area (Å²) in [6.45, 7) is 1.86. The van der Waals surface area contributed by atoms with Gasteiger partial charge in [-0.15, -0.1) is 0 Å². The molecule has 0 aliphatic carbocycles. The standard InChI is InChI=1S/C19H20FN3O4/c1-12-9-13-5-2-3-6-15(13)23(12)16(24)11-22-18(25)14(20)10-21(19(22)26)17-7-4-8-27-17/h2-3,5-6,10,12,17H,4,7-9,11H2,1H3/t12-,17-/m0/s1. The quantitative estimate of drug-likeness (QED) is 0.816.